The zero-order chi connectivity index (χ0) is 25.8. The fourth-order valence-electron chi connectivity index (χ4n) is 8.90. The Balaban J connectivity index is 1.40. The van der Waals surface area contributed by atoms with Crippen molar-refractivity contribution in [1.29, 1.82) is 0 Å². The summed E-state index contributed by atoms with van der Waals surface area (Å²) in [4.78, 5) is 36.6. The number of aldehydes is 1. The van der Waals surface area contributed by atoms with Crippen molar-refractivity contribution in [3.05, 3.63) is 34.4 Å². The largest absolute Gasteiger partial charge is 0.462 e. The fourth-order valence-corrected chi connectivity index (χ4v) is 8.90. The van der Waals surface area contributed by atoms with E-state index in [1.54, 1.807) is 0 Å². The van der Waals surface area contributed by atoms with Crippen molar-refractivity contribution >= 4 is 12.3 Å². The van der Waals surface area contributed by atoms with Gasteiger partial charge in [-0.1, -0.05) is 20.3 Å². The molecule has 4 saturated carbocycles. The molecule has 36 heavy (non-hydrogen) atoms. The molecule has 7 nitrogen and oxygen atoms in total. The van der Waals surface area contributed by atoms with Gasteiger partial charge in [0.25, 0.3) is 0 Å². The van der Waals surface area contributed by atoms with Crippen LogP contribution in [-0.4, -0.2) is 39.8 Å². The van der Waals surface area contributed by atoms with E-state index in [4.69, 9.17) is 9.15 Å². The van der Waals surface area contributed by atoms with Gasteiger partial charge in [0, 0.05) is 24.3 Å². The number of rotatable bonds is 6. The van der Waals surface area contributed by atoms with Gasteiger partial charge < -0.3 is 24.2 Å². The van der Waals surface area contributed by atoms with Crippen LogP contribution in [0.2, 0.25) is 0 Å². The van der Waals surface area contributed by atoms with E-state index in [1.807, 2.05) is 13.0 Å². The second-order valence-electron chi connectivity index (χ2n) is 12.3. The van der Waals surface area contributed by atoms with E-state index in [1.165, 1.54) is 12.3 Å². The predicted molar refractivity (Wildman–Crippen MR) is 132 cm³/mol. The summed E-state index contributed by atoms with van der Waals surface area (Å²) in [6.07, 6.45) is 9.48. The number of hydrogen-bond acceptors (Lipinski definition) is 7. The van der Waals surface area contributed by atoms with E-state index in [0.717, 1.165) is 44.0 Å². The lowest BCUT2D eigenvalue weighted by atomic mass is 9.41. The van der Waals surface area contributed by atoms with Crippen molar-refractivity contribution in [2.75, 3.05) is 0 Å². The first kappa shape index (κ1) is 25.7. The van der Waals surface area contributed by atoms with Crippen LogP contribution in [0.1, 0.15) is 102 Å². The Morgan fingerprint density at radius 1 is 1.11 bits per heavy atom. The molecular weight excluding hydrogens is 460 g/mol. The third-order valence-corrected chi connectivity index (χ3v) is 10.9. The molecule has 7 heteroatoms. The molecule has 5 rings (SSSR count). The van der Waals surface area contributed by atoms with E-state index >= 15 is 0 Å². The maximum atomic E-state index is 12.8. The summed E-state index contributed by atoms with van der Waals surface area (Å²) >= 11 is 0. The van der Waals surface area contributed by atoms with Crippen molar-refractivity contribution in [2.24, 2.45) is 22.7 Å². The number of esters is 1. The molecule has 0 aromatic carbocycles. The SMILES string of the molecule is CCCCC(=O)OC1CCC2(C=O)C3CCC4(C)C(c5ccc(=O)oc5)CCC4(O)C3CCC2(O)C1. The van der Waals surface area contributed by atoms with Crippen molar-refractivity contribution in [3.8, 4) is 0 Å². The third-order valence-electron chi connectivity index (χ3n) is 10.9. The molecule has 1 aromatic rings. The van der Waals surface area contributed by atoms with Gasteiger partial charge in [-0.25, -0.2) is 4.79 Å². The Morgan fingerprint density at radius 2 is 1.89 bits per heavy atom. The lowest BCUT2D eigenvalue weighted by Crippen LogP contribution is -2.68. The first-order chi connectivity index (χ1) is 17.1. The molecule has 0 aliphatic heterocycles. The fraction of sp³-hybridized carbons (Fsp3) is 0.759. The summed E-state index contributed by atoms with van der Waals surface area (Å²) in [6.45, 7) is 4.17. The molecule has 0 bridgehead atoms. The molecule has 198 valence electrons. The summed E-state index contributed by atoms with van der Waals surface area (Å²) < 4.78 is 10.9. The third kappa shape index (κ3) is 3.64. The van der Waals surface area contributed by atoms with Gasteiger partial charge in [-0.2, -0.15) is 0 Å². The van der Waals surface area contributed by atoms with Crippen molar-refractivity contribution in [2.45, 2.75) is 114 Å². The van der Waals surface area contributed by atoms with Crippen LogP contribution in [-0.2, 0) is 14.3 Å². The van der Waals surface area contributed by atoms with E-state index in [0.29, 0.717) is 38.5 Å². The van der Waals surface area contributed by atoms with Crippen molar-refractivity contribution < 1.29 is 29.0 Å². The monoisotopic (exact) mass is 500 g/mol. The summed E-state index contributed by atoms with van der Waals surface area (Å²) in [7, 11) is 0. The van der Waals surface area contributed by atoms with Crippen LogP contribution >= 0.6 is 0 Å². The Bertz CT molecular complexity index is 1050. The number of unbranched alkanes of at least 4 members (excludes halogenated alkanes) is 1. The molecule has 1 aromatic heterocycles. The van der Waals surface area contributed by atoms with Crippen LogP contribution in [0.25, 0.3) is 0 Å². The number of hydrogen-bond donors (Lipinski definition) is 2. The standard InChI is InChI=1S/C29H40O7/c1-3-4-5-25(32)36-20-8-13-27(18-30)22-9-12-26(2)21(19-6-7-24(31)35-17-19)11-15-29(26,34)23(22)10-14-28(27,33)16-20/h6-7,17-18,20-23,33-34H,3-5,8-16H2,1-2H3. The van der Waals surface area contributed by atoms with Gasteiger partial charge in [0.1, 0.15) is 12.4 Å². The number of fused-ring (bicyclic) bond motifs is 5. The summed E-state index contributed by atoms with van der Waals surface area (Å²) in [5, 5.41) is 24.3. The molecule has 4 fully saturated rings. The molecular formula is C29H40O7. The van der Waals surface area contributed by atoms with E-state index < -0.39 is 22.0 Å². The first-order valence-electron chi connectivity index (χ1n) is 13.8. The van der Waals surface area contributed by atoms with Gasteiger partial charge >= 0.3 is 11.6 Å². The molecule has 2 N–H and O–H groups in total. The van der Waals surface area contributed by atoms with Crippen LogP contribution < -0.4 is 5.63 Å². The highest BCUT2D eigenvalue weighted by Gasteiger charge is 2.71. The minimum atomic E-state index is -1.23. The number of aliphatic hydroxyl groups is 2. The zero-order valence-electron chi connectivity index (χ0n) is 21.5. The van der Waals surface area contributed by atoms with Crippen LogP contribution in [0.15, 0.2) is 27.6 Å². The molecule has 0 spiro atoms. The Labute approximate surface area is 212 Å². The minimum Gasteiger partial charge on any atom is -0.462 e. The topological polar surface area (TPSA) is 114 Å². The highest BCUT2D eigenvalue weighted by atomic mass is 16.5. The first-order valence-corrected chi connectivity index (χ1v) is 13.8. The lowest BCUT2D eigenvalue weighted by Gasteiger charge is -2.65. The average molecular weight is 501 g/mol. The molecule has 4 aliphatic carbocycles. The maximum absolute atomic E-state index is 12.8. The van der Waals surface area contributed by atoms with Crippen molar-refractivity contribution in [1.82, 2.24) is 0 Å². The Kier molecular flexibility index (Phi) is 6.47. The minimum absolute atomic E-state index is 0.0686. The smallest absolute Gasteiger partial charge is 0.335 e. The summed E-state index contributed by atoms with van der Waals surface area (Å²) in [5.74, 6) is -0.365. The van der Waals surface area contributed by atoms with E-state index in [9.17, 15) is 24.6 Å². The van der Waals surface area contributed by atoms with Crippen LogP contribution in [0, 0.1) is 22.7 Å². The van der Waals surface area contributed by atoms with Gasteiger partial charge in [-0.15, -0.1) is 0 Å². The summed E-state index contributed by atoms with van der Waals surface area (Å²) in [5.41, 5.74) is -2.97. The number of ether oxygens (including phenoxy) is 1. The Morgan fingerprint density at radius 3 is 2.58 bits per heavy atom. The number of carbonyl (C=O) groups is 2. The molecule has 0 amide bonds. The van der Waals surface area contributed by atoms with Gasteiger partial charge in [0.05, 0.1) is 22.9 Å². The molecule has 4 aliphatic rings. The number of carbonyl (C=O) groups excluding carboxylic acids is 2. The molecule has 0 saturated heterocycles. The maximum Gasteiger partial charge on any atom is 0.335 e. The molecule has 8 atom stereocenters. The molecule has 8 unspecified atom stereocenters. The second-order valence-corrected chi connectivity index (χ2v) is 12.3. The van der Waals surface area contributed by atoms with E-state index in [-0.39, 0.29) is 41.9 Å². The van der Waals surface area contributed by atoms with E-state index in [2.05, 4.69) is 6.92 Å². The van der Waals surface area contributed by atoms with Crippen molar-refractivity contribution in [3.63, 3.8) is 0 Å². The zero-order valence-corrected chi connectivity index (χ0v) is 21.5. The molecule has 1 heterocycles. The quantitative estimate of drug-likeness (QED) is 0.443. The van der Waals surface area contributed by atoms with Crippen LogP contribution in [0.4, 0.5) is 0 Å². The van der Waals surface area contributed by atoms with Crippen LogP contribution in [0.5, 0.6) is 0 Å². The average Bonchev–Trinajstić information content (AvgIpc) is 3.14. The normalized spacial score (nSPS) is 43.7. The van der Waals surface area contributed by atoms with Gasteiger partial charge in [-0.3, -0.25) is 4.79 Å². The molecule has 0 radical (unpaired) electrons. The predicted octanol–water partition coefficient (Wildman–Crippen LogP) is 4.28. The highest BCUT2D eigenvalue weighted by molar-refractivity contribution is 5.69. The van der Waals surface area contributed by atoms with Gasteiger partial charge in [-0.05, 0) is 87.2 Å². The van der Waals surface area contributed by atoms with Gasteiger partial charge in [0.15, 0.2) is 0 Å². The Hall–Kier alpha value is -1.99. The second kappa shape index (κ2) is 9.09. The summed E-state index contributed by atoms with van der Waals surface area (Å²) in [6, 6.07) is 3.26. The van der Waals surface area contributed by atoms with Crippen LogP contribution in [0.3, 0.4) is 0 Å². The highest BCUT2D eigenvalue weighted by Crippen LogP contribution is 2.71. The van der Waals surface area contributed by atoms with Gasteiger partial charge in [0.2, 0.25) is 0 Å². The lowest BCUT2D eigenvalue weighted by molar-refractivity contribution is -0.248.